The molecule has 11 heteroatoms. The first-order valence-corrected chi connectivity index (χ1v) is 11.2. The minimum Gasteiger partial charge on any atom is -0.324 e. The first-order valence-electron chi connectivity index (χ1n) is 10.2. The van der Waals surface area contributed by atoms with E-state index in [1.165, 1.54) is 12.1 Å². The van der Waals surface area contributed by atoms with Crippen LogP contribution in [0.1, 0.15) is 49.9 Å². The number of aromatic nitrogens is 3. The normalized spacial score (nSPS) is 21.5. The molecule has 2 heterocycles. The van der Waals surface area contributed by atoms with Gasteiger partial charge in [0.1, 0.15) is 11.9 Å². The summed E-state index contributed by atoms with van der Waals surface area (Å²) in [6.45, 7) is 0. The van der Waals surface area contributed by atoms with Gasteiger partial charge in [0.05, 0.1) is 23.5 Å². The second-order valence-corrected chi connectivity index (χ2v) is 9.04. The van der Waals surface area contributed by atoms with Crippen LogP contribution in [0.4, 0.5) is 24.5 Å². The van der Waals surface area contributed by atoms with Crippen LogP contribution >= 0.6 is 11.8 Å². The quantitative estimate of drug-likeness (QED) is 0.698. The van der Waals surface area contributed by atoms with Crippen molar-refractivity contribution in [2.24, 2.45) is 0 Å². The second kappa shape index (κ2) is 7.54. The number of halogens is 3. The molecular weight excluding hydrogens is 431 g/mol. The summed E-state index contributed by atoms with van der Waals surface area (Å²) in [7, 11) is 0. The molecule has 1 atom stereocenters. The Hall–Kier alpha value is -2.56. The maximum atomic E-state index is 13.8. The molecule has 0 unspecified atom stereocenters. The third-order valence-corrected chi connectivity index (χ3v) is 6.57. The van der Waals surface area contributed by atoms with E-state index in [1.807, 2.05) is 0 Å². The highest BCUT2D eigenvalue weighted by atomic mass is 32.2. The average Bonchev–Trinajstić information content (AvgIpc) is 3.63. The molecular formula is C20H20F3N5O2S. The molecule has 2 saturated carbocycles. The lowest BCUT2D eigenvalue weighted by molar-refractivity contribution is -0.157. The lowest BCUT2D eigenvalue weighted by Gasteiger charge is -2.31. The summed E-state index contributed by atoms with van der Waals surface area (Å²) < 4.78 is 43.6. The standard InChI is InChI=1S/C20H20F3N5O2S/c21-20(22,23)15-9-16(29)24-13-3-1-2-4-14(13)28(15)17(30)10-31-19-26-25-18(11-5-6-11)27(19)12-7-8-12/h1-4,11-12,15H,5-10H2,(H,24,29)/t15-/m1/s1. The number of anilines is 2. The predicted molar refractivity (Wildman–Crippen MR) is 108 cm³/mol. The van der Waals surface area contributed by atoms with Gasteiger partial charge < -0.3 is 9.88 Å². The Morgan fingerprint density at radius 2 is 1.90 bits per heavy atom. The zero-order chi connectivity index (χ0) is 21.8. The van der Waals surface area contributed by atoms with Crippen LogP contribution in [0.5, 0.6) is 0 Å². The Bertz CT molecular complexity index is 1030. The van der Waals surface area contributed by atoms with Gasteiger partial charge in [-0.05, 0) is 37.8 Å². The van der Waals surface area contributed by atoms with E-state index in [2.05, 4.69) is 20.1 Å². The van der Waals surface area contributed by atoms with Crippen molar-refractivity contribution in [1.29, 1.82) is 0 Å². The van der Waals surface area contributed by atoms with E-state index < -0.39 is 30.5 Å². The van der Waals surface area contributed by atoms with Crippen molar-refractivity contribution in [3.05, 3.63) is 30.1 Å². The molecule has 2 aliphatic carbocycles. The number of carbonyl (C=O) groups excluding carboxylic acids is 2. The van der Waals surface area contributed by atoms with Crippen LogP contribution in [0.3, 0.4) is 0 Å². The molecule has 0 saturated heterocycles. The lowest BCUT2D eigenvalue weighted by Crippen LogP contribution is -2.50. The third-order valence-electron chi connectivity index (χ3n) is 5.64. The minimum atomic E-state index is -4.75. The smallest absolute Gasteiger partial charge is 0.324 e. The molecule has 2 amide bonds. The Morgan fingerprint density at radius 3 is 2.58 bits per heavy atom. The highest BCUT2D eigenvalue weighted by molar-refractivity contribution is 7.99. The van der Waals surface area contributed by atoms with Crippen LogP contribution in [0.2, 0.25) is 0 Å². The van der Waals surface area contributed by atoms with Gasteiger partial charge in [0, 0.05) is 12.0 Å². The zero-order valence-corrected chi connectivity index (χ0v) is 17.2. The number of thioether (sulfide) groups is 1. The largest absolute Gasteiger partial charge is 0.409 e. The van der Waals surface area contributed by atoms with Crippen molar-refractivity contribution in [2.45, 2.75) is 61.4 Å². The molecule has 3 aliphatic rings. The number of amides is 2. The number of para-hydroxylation sites is 2. The molecule has 2 fully saturated rings. The van der Waals surface area contributed by atoms with Crippen molar-refractivity contribution in [3.8, 4) is 0 Å². The summed E-state index contributed by atoms with van der Waals surface area (Å²) in [5.74, 6) is -0.428. The molecule has 1 aromatic heterocycles. The van der Waals surface area contributed by atoms with E-state index in [-0.39, 0.29) is 17.1 Å². The van der Waals surface area contributed by atoms with Gasteiger partial charge in [-0.3, -0.25) is 14.5 Å². The fourth-order valence-electron chi connectivity index (χ4n) is 3.87. The van der Waals surface area contributed by atoms with Crippen molar-refractivity contribution in [2.75, 3.05) is 16.0 Å². The number of alkyl halides is 3. The molecule has 0 radical (unpaired) electrons. The fourth-order valence-corrected chi connectivity index (χ4v) is 4.75. The van der Waals surface area contributed by atoms with E-state index in [0.29, 0.717) is 22.0 Å². The Kier molecular flexibility index (Phi) is 4.95. The first kappa shape index (κ1) is 20.3. The second-order valence-electron chi connectivity index (χ2n) is 8.10. The van der Waals surface area contributed by atoms with Crippen LogP contribution in [0.25, 0.3) is 0 Å². The number of benzene rings is 1. The lowest BCUT2D eigenvalue weighted by atomic mass is 10.1. The van der Waals surface area contributed by atoms with Gasteiger partial charge in [0.2, 0.25) is 11.8 Å². The number of hydrogen-bond donors (Lipinski definition) is 1. The molecule has 0 spiro atoms. The molecule has 0 bridgehead atoms. The molecule has 31 heavy (non-hydrogen) atoms. The number of rotatable bonds is 5. The van der Waals surface area contributed by atoms with Crippen molar-refractivity contribution >= 4 is 35.0 Å². The van der Waals surface area contributed by atoms with Crippen molar-refractivity contribution in [1.82, 2.24) is 14.8 Å². The van der Waals surface area contributed by atoms with Crippen molar-refractivity contribution in [3.63, 3.8) is 0 Å². The van der Waals surface area contributed by atoms with E-state index in [4.69, 9.17) is 0 Å². The number of nitrogens with zero attached hydrogens (tertiary/aromatic N) is 4. The monoisotopic (exact) mass is 451 g/mol. The highest BCUT2D eigenvalue weighted by Crippen LogP contribution is 2.46. The van der Waals surface area contributed by atoms with Gasteiger partial charge in [-0.1, -0.05) is 23.9 Å². The molecule has 1 aliphatic heterocycles. The Labute approximate surface area is 180 Å². The fraction of sp³-hybridized carbons (Fsp3) is 0.500. The van der Waals surface area contributed by atoms with Gasteiger partial charge >= 0.3 is 6.18 Å². The summed E-state index contributed by atoms with van der Waals surface area (Å²) in [4.78, 5) is 25.9. The van der Waals surface area contributed by atoms with E-state index in [1.54, 1.807) is 12.1 Å². The summed E-state index contributed by atoms with van der Waals surface area (Å²) in [6, 6.07) is 4.13. The SMILES string of the molecule is O=C1C[C@H](C(F)(F)F)N(C(=O)CSc2nnc(C3CC3)n2C2CC2)c2ccccc2N1. The Balaban J connectivity index is 1.42. The van der Waals surface area contributed by atoms with Crippen LogP contribution < -0.4 is 10.2 Å². The molecule has 7 nitrogen and oxygen atoms in total. The molecule has 1 N–H and O–H groups in total. The number of fused-ring (bicyclic) bond motifs is 1. The van der Waals surface area contributed by atoms with Gasteiger partial charge in [-0.15, -0.1) is 10.2 Å². The average molecular weight is 451 g/mol. The van der Waals surface area contributed by atoms with Gasteiger partial charge in [-0.2, -0.15) is 13.2 Å². The highest BCUT2D eigenvalue weighted by Gasteiger charge is 2.49. The van der Waals surface area contributed by atoms with E-state index in [9.17, 15) is 22.8 Å². The topological polar surface area (TPSA) is 80.1 Å². The summed E-state index contributed by atoms with van der Waals surface area (Å²) in [5.41, 5.74) is 0.235. The van der Waals surface area contributed by atoms with E-state index in [0.717, 1.165) is 43.3 Å². The number of hydrogen-bond acceptors (Lipinski definition) is 5. The van der Waals surface area contributed by atoms with Crippen LogP contribution in [-0.2, 0) is 9.59 Å². The van der Waals surface area contributed by atoms with Crippen LogP contribution in [0.15, 0.2) is 29.4 Å². The first-order chi connectivity index (χ1) is 14.8. The molecule has 1 aromatic carbocycles. The number of carbonyl (C=O) groups is 2. The van der Waals surface area contributed by atoms with Gasteiger partial charge in [-0.25, -0.2) is 0 Å². The summed E-state index contributed by atoms with van der Waals surface area (Å²) >= 11 is 1.10. The Morgan fingerprint density at radius 1 is 1.16 bits per heavy atom. The van der Waals surface area contributed by atoms with Crippen LogP contribution in [-0.4, -0.2) is 44.5 Å². The summed E-state index contributed by atoms with van der Waals surface area (Å²) in [5, 5.41) is 11.5. The molecule has 5 rings (SSSR count). The molecule has 164 valence electrons. The zero-order valence-electron chi connectivity index (χ0n) is 16.4. The minimum absolute atomic E-state index is 0.0450. The van der Waals surface area contributed by atoms with Gasteiger partial charge in [0.15, 0.2) is 5.16 Å². The van der Waals surface area contributed by atoms with Crippen LogP contribution in [0, 0.1) is 0 Å². The summed E-state index contributed by atoms with van der Waals surface area (Å²) in [6.07, 6.45) is -1.44. The number of nitrogens with one attached hydrogen (secondary N) is 1. The maximum Gasteiger partial charge on any atom is 0.409 e. The molecule has 2 aromatic rings. The third kappa shape index (κ3) is 4.02. The van der Waals surface area contributed by atoms with Crippen molar-refractivity contribution < 1.29 is 22.8 Å². The predicted octanol–water partition coefficient (Wildman–Crippen LogP) is 3.89. The van der Waals surface area contributed by atoms with E-state index >= 15 is 0 Å². The maximum absolute atomic E-state index is 13.8. The van der Waals surface area contributed by atoms with Gasteiger partial charge in [0.25, 0.3) is 0 Å².